The number of ether oxygens (including phenoxy) is 2. The molecule has 2 aliphatic heterocycles. The monoisotopic (exact) mass is 428 g/mol. The first kappa shape index (κ1) is 22.0. The minimum absolute atomic E-state index is 0. The van der Waals surface area contributed by atoms with Gasteiger partial charge in [-0.1, -0.05) is 6.92 Å². The van der Waals surface area contributed by atoms with Crippen LogP contribution in [0, 0.1) is 5.92 Å². The third-order valence-corrected chi connectivity index (χ3v) is 7.53. The lowest BCUT2D eigenvalue weighted by Crippen LogP contribution is -2.51. The van der Waals surface area contributed by atoms with Gasteiger partial charge in [-0.05, 0) is 55.5 Å². The highest BCUT2D eigenvalue weighted by atomic mass is 35.5. The number of halogens is 1. The van der Waals surface area contributed by atoms with Gasteiger partial charge in [-0.15, -0.1) is 23.7 Å². The van der Waals surface area contributed by atoms with Gasteiger partial charge >= 0.3 is 0 Å². The van der Waals surface area contributed by atoms with Crippen LogP contribution < -0.4 is 5.73 Å². The molecule has 158 valence electrons. The van der Waals surface area contributed by atoms with Crippen LogP contribution in [0.4, 0.5) is 0 Å². The van der Waals surface area contributed by atoms with Crippen LogP contribution in [0.5, 0.6) is 0 Å². The molecule has 28 heavy (non-hydrogen) atoms. The second-order valence-corrected chi connectivity index (χ2v) is 9.26. The Kier molecular flexibility index (Phi) is 7.42. The summed E-state index contributed by atoms with van der Waals surface area (Å²) in [4.78, 5) is 16.6. The number of likely N-dealkylation sites (tertiary alicyclic amines) is 1. The Hall–Kier alpha value is -0.660. The van der Waals surface area contributed by atoms with Crippen molar-refractivity contribution in [3.8, 4) is 0 Å². The van der Waals surface area contributed by atoms with Crippen molar-refractivity contribution in [2.24, 2.45) is 11.7 Å². The number of hydrogen-bond acceptors (Lipinski definition) is 5. The molecule has 1 aromatic rings. The molecule has 3 aliphatic rings. The van der Waals surface area contributed by atoms with Gasteiger partial charge in [0.1, 0.15) is 0 Å². The van der Waals surface area contributed by atoms with Gasteiger partial charge < -0.3 is 20.1 Å². The van der Waals surface area contributed by atoms with Crippen LogP contribution in [-0.2, 0) is 26.3 Å². The molecule has 1 aromatic heterocycles. The SMILES string of the molecule is CCCO[C@@H]1CC[C@H](C(=O)N2CCC3(CC2)OCCc2sccc23)C[C@H]1N.Cl. The van der Waals surface area contributed by atoms with Gasteiger partial charge in [0.2, 0.25) is 5.91 Å². The van der Waals surface area contributed by atoms with Gasteiger partial charge in [-0.25, -0.2) is 0 Å². The molecule has 0 aromatic carbocycles. The zero-order valence-corrected chi connectivity index (χ0v) is 18.4. The zero-order chi connectivity index (χ0) is 18.9. The maximum Gasteiger partial charge on any atom is 0.225 e. The number of hydrogen-bond donors (Lipinski definition) is 1. The molecule has 1 aliphatic carbocycles. The smallest absolute Gasteiger partial charge is 0.225 e. The van der Waals surface area contributed by atoms with Crippen molar-refractivity contribution in [1.29, 1.82) is 0 Å². The molecule has 3 heterocycles. The van der Waals surface area contributed by atoms with E-state index in [4.69, 9.17) is 15.2 Å². The molecule has 2 fully saturated rings. The third kappa shape index (κ3) is 4.26. The van der Waals surface area contributed by atoms with Gasteiger partial charge in [0.15, 0.2) is 0 Å². The van der Waals surface area contributed by atoms with Crippen LogP contribution in [0.2, 0.25) is 0 Å². The summed E-state index contributed by atoms with van der Waals surface area (Å²) in [6.07, 6.45) is 6.51. The first-order chi connectivity index (χ1) is 13.1. The minimum atomic E-state index is -0.160. The molecule has 0 radical (unpaired) electrons. The Morgan fingerprint density at radius 2 is 2.18 bits per heavy atom. The quantitative estimate of drug-likeness (QED) is 0.797. The fraction of sp³-hybridized carbons (Fsp3) is 0.762. The first-order valence-electron chi connectivity index (χ1n) is 10.5. The summed E-state index contributed by atoms with van der Waals surface area (Å²) in [5.74, 6) is 0.343. The second kappa shape index (κ2) is 9.43. The Morgan fingerprint density at radius 1 is 1.39 bits per heavy atom. The van der Waals surface area contributed by atoms with E-state index >= 15 is 0 Å². The van der Waals surface area contributed by atoms with E-state index in [1.165, 1.54) is 10.4 Å². The maximum atomic E-state index is 13.1. The topological polar surface area (TPSA) is 64.8 Å². The largest absolute Gasteiger partial charge is 0.377 e. The average Bonchev–Trinajstić information content (AvgIpc) is 3.18. The van der Waals surface area contributed by atoms with Crippen molar-refractivity contribution < 1.29 is 14.3 Å². The summed E-state index contributed by atoms with van der Waals surface area (Å²) in [6.45, 7) is 5.25. The van der Waals surface area contributed by atoms with E-state index in [1.54, 1.807) is 0 Å². The van der Waals surface area contributed by atoms with Crippen LogP contribution in [0.1, 0.15) is 55.9 Å². The minimum Gasteiger partial charge on any atom is -0.377 e. The van der Waals surface area contributed by atoms with E-state index < -0.39 is 0 Å². The van der Waals surface area contributed by atoms with Crippen LogP contribution in [-0.4, -0.2) is 49.3 Å². The molecule has 4 rings (SSSR count). The number of carbonyl (C=O) groups is 1. The van der Waals surface area contributed by atoms with Crippen LogP contribution >= 0.6 is 23.7 Å². The Labute approximate surface area is 178 Å². The third-order valence-electron chi connectivity index (χ3n) is 6.55. The highest BCUT2D eigenvalue weighted by molar-refractivity contribution is 7.10. The summed E-state index contributed by atoms with van der Waals surface area (Å²) < 4.78 is 12.1. The van der Waals surface area contributed by atoms with Gasteiger partial charge in [0.05, 0.1) is 18.3 Å². The van der Waals surface area contributed by atoms with Crippen LogP contribution in [0.3, 0.4) is 0 Å². The number of thiophene rings is 1. The molecule has 2 N–H and O–H groups in total. The van der Waals surface area contributed by atoms with Gasteiger partial charge in [-0.2, -0.15) is 0 Å². The lowest BCUT2D eigenvalue weighted by molar-refractivity contribution is -0.146. The number of nitrogens with zero attached hydrogens (tertiary/aromatic N) is 1. The standard InChI is InChI=1S/C21H32N2O3S.ClH/c1-2-11-25-18-4-3-15(14-17(18)22)20(24)23-9-7-21(8-10-23)16-6-13-27-19(16)5-12-26-21;/h6,13,15,17-18H,2-5,7-12,14,22H2,1H3;1H/t15-,17+,18+;/m0./s1. The van der Waals surface area contributed by atoms with E-state index in [0.717, 1.165) is 71.2 Å². The van der Waals surface area contributed by atoms with Crippen LogP contribution in [0.15, 0.2) is 11.4 Å². The van der Waals surface area contributed by atoms with E-state index in [1.807, 2.05) is 11.3 Å². The number of rotatable bonds is 4. The highest BCUT2D eigenvalue weighted by Crippen LogP contribution is 2.43. The van der Waals surface area contributed by atoms with E-state index in [-0.39, 0.29) is 42.0 Å². The first-order valence-corrected chi connectivity index (χ1v) is 11.4. The summed E-state index contributed by atoms with van der Waals surface area (Å²) in [6, 6.07) is 2.21. The van der Waals surface area contributed by atoms with E-state index in [9.17, 15) is 4.79 Å². The summed E-state index contributed by atoms with van der Waals surface area (Å²) in [5.41, 5.74) is 7.53. The van der Waals surface area contributed by atoms with Crippen molar-refractivity contribution in [2.75, 3.05) is 26.3 Å². The zero-order valence-electron chi connectivity index (χ0n) is 16.7. The molecule has 5 nitrogen and oxygen atoms in total. The molecular formula is C21H33ClN2O3S. The predicted octanol–water partition coefficient (Wildman–Crippen LogP) is 3.48. The molecular weight excluding hydrogens is 396 g/mol. The average molecular weight is 429 g/mol. The molecule has 1 saturated heterocycles. The lowest BCUT2D eigenvalue weighted by atomic mass is 9.80. The van der Waals surface area contributed by atoms with Crippen molar-refractivity contribution >= 4 is 29.7 Å². The summed E-state index contributed by atoms with van der Waals surface area (Å²) in [7, 11) is 0. The Morgan fingerprint density at radius 3 is 2.89 bits per heavy atom. The number of amides is 1. The van der Waals surface area contributed by atoms with Crippen molar-refractivity contribution in [3.63, 3.8) is 0 Å². The number of nitrogens with two attached hydrogens (primary N) is 1. The van der Waals surface area contributed by atoms with Crippen molar-refractivity contribution in [3.05, 3.63) is 21.9 Å². The summed E-state index contributed by atoms with van der Waals surface area (Å²) in [5, 5.41) is 2.18. The van der Waals surface area contributed by atoms with E-state index in [0.29, 0.717) is 0 Å². The van der Waals surface area contributed by atoms with Gasteiger partial charge in [-0.3, -0.25) is 4.79 Å². The molecule has 7 heteroatoms. The normalized spacial score (nSPS) is 29.2. The molecule has 0 bridgehead atoms. The highest BCUT2D eigenvalue weighted by Gasteiger charge is 2.43. The predicted molar refractivity (Wildman–Crippen MR) is 114 cm³/mol. The van der Waals surface area contributed by atoms with Gasteiger partial charge in [0.25, 0.3) is 0 Å². The number of piperidine rings is 1. The lowest BCUT2D eigenvalue weighted by Gasteiger charge is -2.45. The Balaban J connectivity index is 0.00000225. The van der Waals surface area contributed by atoms with Crippen LogP contribution in [0.25, 0.3) is 0 Å². The number of carbonyl (C=O) groups excluding carboxylic acids is 1. The second-order valence-electron chi connectivity index (χ2n) is 8.26. The van der Waals surface area contributed by atoms with Gasteiger partial charge in [0, 0.05) is 43.0 Å². The Bertz CT molecular complexity index is 660. The molecule has 1 saturated carbocycles. The fourth-order valence-corrected chi connectivity index (χ4v) is 5.95. The number of fused-ring (bicyclic) bond motifs is 2. The fourth-order valence-electron chi connectivity index (χ4n) is 5.00. The molecule has 3 atom stereocenters. The molecule has 0 unspecified atom stereocenters. The molecule has 1 spiro atoms. The maximum absolute atomic E-state index is 13.1. The van der Waals surface area contributed by atoms with Crippen molar-refractivity contribution in [1.82, 2.24) is 4.90 Å². The van der Waals surface area contributed by atoms with E-state index in [2.05, 4.69) is 23.3 Å². The van der Waals surface area contributed by atoms with Crippen molar-refractivity contribution in [2.45, 2.75) is 69.6 Å². The summed E-state index contributed by atoms with van der Waals surface area (Å²) >= 11 is 1.84. The molecule has 1 amide bonds.